The summed E-state index contributed by atoms with van der Waals surface area (Å²) in [5.41, 5.74) is 1.98. The van der Waals surface area contributed by atoms with Crippen LogP contribution in [0.3, 0.4) is 0 Å². The molecular formula is C16H11BrN2S. The third kappa shape index (κ3) is 2.55. The zero-order valence-corrected chi connectivity index (χ0v) is 12.9. The van der Waals surface area contributed by atoms with E-state index in [9.17, 15) is 5.26 Å². The lowest BCUT2D eigenvalue weighted by Gasteiger charge is -2.12. The van der Waals surface area contributed by atoms with Gasteiger partial charge >= 0.3 is 0 Å². The van der Waals surface area contributed by atoms with Gasteiger partial charge in [-0.15, -0.1) is 11.3 Å². The van der Waals surface area contributed by atoms with Crippen LogP contribution >= 0.6 is 27.3 Å². The molecule has 0 spiro atoms. The quantitative estimate of drug-likeness (QED) is 0.697. The van der Waals surface area contributed by atoms with Gasteiger partial charge in [0.15, 0.2) is 0 Å². The molecular weight excluding hydrogens is 332 g/mol. The van der Waals surface area contributed by atoms with E-state index < -0.39 is 0 Å². The summed E-state index contributed by atoms with van der Waals surface area (Å²) in [5.74, 6) is 0. The average molecular weight is 343 g/mol. The fourth-order valence-corrected chi connectivity index (χ4v) is 3.37. The minimum absolute atomic E-state index is 0.340. The molecule has 2 aromatic carbocycles. The van der Waals surface area contributed by atoms with E-state index in [1.165, 1.54) is 4.70 Å². The Labute approximate surface area is 129 Å². The van der Waals surface area contributed by atoms with Crippen LogP contribution in [0.5, 0.6) is 0 Å². The Hall–Kier alpha value is -1.83. The molecule has 20 heavy (non-hydrogen) atoms. The lowest BCUT2D eigenvalue weighted by atomic mass is 10.1. The Balaban J connectivity index is 1.94. The smallest absolute Gasteiger partial charge is 0.141 e. The molecule has 98 valence electrons. The van der Waals surface area contributed by atoms with Gasteiger partial charge in [-0.3, -0.25) is 0 Å². The van der Waals surface area contributed by atoms with Crippen LogP contribution in [0, 0.1) is 11.3 Å². The first-order valence-corrected chi connectivity index (χ1v) is 7.83. The van der Waals surface area contributed by atoms with Crippen LogP contribution in [0.15, 0.2) is 58.4 Å². The van der Waals surface area contributed by atoms with Crippen molar-refractivity contribution in [2.75, 3.05) is 5.32 Å². The van der Waals surface area contributed by atoms with Crippen LogP contribution < -0.4 is 5.32 Å². The molecule has 3 rings (SSSR count). The SMILES string of the molecule is N#CC(Nc1ccc(Br)cc1)c1csc2ccccc12. The molecule has 1 N–H and O–H groups in total. The first kappa shape index (κ1) is 13.2. The number of benzene rings is 2. The van der Waals surface area contributed by atoms with Gasteiger partial charge in [-0.25, -0.2) is 0 Å². The molecule has 1 aromatic heterocycles. The van der Waals surface area contributed by atoms with E-state index in [0.29, 0.717) is 0 Å². The molecule has 0 aliphatic rings. The van der Waals surface area contributed by atoms with Crippen LogP contribution in [0.1, 0.15) is 11.6 Å². The summed E-state index contributed by atoms with van der Waals surface area (Å²) in [4.78, 5) is 0. The van der Waals surface area contributed by atoms with E-state index >= 15 is 0 Å². The van der Waals surface area contributed by atoms with Crippen molar-refractivity contribution < 1.29 is 0 Å². The monoisotopic (exact) mass is 342 g/mol. The second kappa shape index (κ2) is 5.66. The van der Waals surface area contributed by atoms with Gasteiger partial charge in [0.1, 0.15) is 6.04 Å². The maximum atomic E-state index is 9.46. The van der Waals surface area contributed by atoms with Crippen molar-refractivity contribution >= 4 is 43.0 Å². The Bertz CT molecular complexity index is 771. The van der Waals surface area contributed by atoms with Crippen molar-refractivity contribution in [2.45, 2.75) is 6.04 Å². The molecule has 0 fully saturated rings. The zero-order valence-electron chi connectivity index (χ0n) is 10.5. The van der Waals surface area contributed by atoms with Crippen LogP contribution in [0.25, 0.3) is 10.1 Å². The summed E-state index contributed by atoms with van der Waals surface area (Å²) in [6.07, 6.45) is 0. The van der Waals surface area contributed by atoms with Crippen LogP contribution in [0.4, 0.5) is 5.69 Å². The van der Waals surface area contributed by atoms with Crippen molar-refractivity contribution in [3.8, 4) is 6.07 Å². The van der Waals surface area contributed by atoms with Crippen molar-refractivity contribution in [1.29, 1.82) is 5.26 Å². The Morgan fingerprint density at radius 1 is 1.10 bits per heavy atom. The standard InChI is InChI=1S/C16H11BrN2S/c17-11-5-7-12(8-6-11)19-15(9-18)14-10-20-16-4-2-1-3-13(14)16/h1-8,10,15,19H. The number of rotatable bonds is 3. The predicted octanol–water partition coefficient (Wildman–Crippen LogP) is 5.34. The van der Waals surface area contributed by atoms with Gasteiger partial charge in [0.05, 0.1) is 6.07 Å². The first-order valence-electron chi connectivity index (χ1n) is 6.16. The summed E-state index contributed by atoms with van der Waals surface area (Å²) in [7, 11) is 0. The molecule has 0 aliphatic heterocycles. The van der Waals surface area contributed by atoms with E-state index in [1.807, 2.05) is 36.4 Å². The summed E-state index contributed by atoms with van der Waals surface area (Å²) in [5, 5.41) is 15.9. The number of anilines is 1. The third-order valence-electron chi connectivity index (χ3n) is 3.11. The molecule has 4 heteroatoms. The highest BCUT2D eigenvalue weighted by Crippen LogP contribution is 2.31. The van der Waals surface area contributed by atoms with Crippen molar-refractivity contribution in [3.05, 3.63) is 63.9 Å². The number of thiophene rings is 1. The largest absolute Gasteiger partial charge is 0.366 e. The van der Waals surface area contributed by atoms with Crippen molar-refractivity contribution in [2.24, 2.45) is 0 Å². The molecule has 0 saturated heterocycles. The van der Waals surface area contributed by atoms with Gasteiger partial charge in [-0.1, -0.05) is 34.1 Å². The number of hydrogen-bond donors (Lipinski definition) is 1. The van der Waals surface area contributed by atoms with Gasteiger partial charge in [-0.05, 0) is 41.1 Å². The minimum Gasteiger partial charge on any atom is -0.366 e. The molecule has 0 aliphatic carbocycles. The Morgan fingerprint density at radius 2 is 1.85 bits per heavy atom. The summed E-state index contributed by atoms with van der Waals surface area (Å²) >= 11 is 5.08. The number of fused-ring (bicyclic) bond motifs is 1. The van der Waals surface area contributed by atoms with Crippen LogP contribution in [-0.2, 0) is 0 Å². The summed E-state index contributed by atoms with van der Waals surface area (Å²) in [6, 6.07) is 18.0. The fourth-order valence-electron chi connectivity index (χ4n) is 2.11. The Kier molecular flexibility index (Phi) is 3.72. The molecule has 1 unspecified atom stereocenters. The number of halogens is 1. The zero-order chi connectivity index (χ0) is 13.9. The van der Waals surface area contributed by atoms with Crippen LogP contribution in [-0.4, -0.2) is 0 Å². The van der Waals surface area contributed by atoms with Gasteiger partial charge in [0.25, 0.3) is 0 Å². The van der Waals surface area contributed by atoms with E-state index in [1.54, 1.807) is 11.3 Å². The number of nitriles is 1. The van der Waals surface area contributed by atoms with Crippen molar-refractivity contribution in [3.63, 3.8) is 0 Å². The van der Waals surface area contributed by atoms with Crippen LogP contribution in [0.2, 0.25) is 0 Å². The van der Waals surface area contributed by atoms with Crippen molar-refractivity contribution in [1.82, 2.24) is 0 Å². The highest BCUT2D eigenvalue weighted by molar-refractivity contribution is 9.10. The van der Waals surface area contributed by atoms with Gasteiger partial charge < -0.3 is 5.32 Å². The normalized spacial score (nSPS) is 12.0. The predicted molar refractivity (Wildman–Crippen MR) is 87.9 cm³/mol. The highest BCUT2D eigenvalue weighted by Gasteiger charge is 2.15. The molecule has 1 heterocycles. The average Bonchev–Trinajstić information content (AvgIpc) is 2.91. The lowest BCUT2D eigenvalue weighted by molar-refractivity contribution is 1.02. The first-order chi connectivity index (χ1) is 9.78. The van der Waals surface area contributed by atoms with E-state index in [2.05, 4.69) is 44.8 Å². The van der Waals surface area contributed by atoms with Gasteiger partial charge in [0.2, 0.25) is 0 Å². The maximum Gasteiger partial charge on any atom is 0.141 e. The van der Waals surface area contributed by atoms with Gasteiger partial charge in [0, 0.05) is 20.4 Å². The van der Waals surface area contributed by atoms with Gasteiger partial charge in [-0.2, -0.15) is 5.26 Å². The highest BCUT2D eigenvalue weighted by atomic mass is 79.9. The second-order valence-corrected chi connectivity index (χ2v) is 6.23. The third-order valence-corrected chi connectivity index (χ3v) is 4.62. The molecule has 1 atom stereocenters. The summed E-state index contributed by atoms with van der Waals surface area (Å²) in [6.45, 7) is 0. The molecule has 0 saturated carbocycles. The molecule has 2 nitrogen and oxygen atoms in total. The van der Waals surface area contributed by atoms with E-state index in [4.69, 9.17) is 0 Å². The molecule has 0 amide bonds. The maximum absolute atomic E-state index is 9.46. The number of nitrogens with zero attached hydrogens (tertiary/aromatic N) is 1. The minimum atomic E-state index is -0.340. The Morgan fingerprint density at radius 3 is 2.60 bits per heavy atom. The number of nitrogens with one attached hydrogen (secondary N) is 1. The second-order valence-electron chi connectivity index (χ2n) is 4.40. The topological polar surface area (TPSA) is 35.8 Å². The fraction of sp³-hybridized carbons (Fsp3) is 0.0625. The molecule has 3 aromatic rings. The molecule has 0 radical (unpaired) electrons. The lowest BCUT2D eigenvalue weighted by Crippen LogP contribution is -2.07. The van der Waals surface area contributed by atoms with E-state index in [0.717, 1.165) is 21.1 Å². The number of hydrogen-bond acceptors (Lipinski definition) is 3. The van der Waals surface area contributed by atoms with E-state index in [-0.39, 0.29) is 6.04 Å². The summed E-state index contributed by atoms with van der Waals surface area (Å²) < 4.78 is 2.23. The molecule has 0 bridgehead atoms.